The molecule has 0 heterocycles. The molecule has 0 unspecified atom stereocenters. The maximum absolute atomic E-state index is 5.46. The third-order valence-electron chi connectivity index (χ3n) is 2.82. The van der Waals surface area contributed by atoms with Crippen molar-refractivity contribution in [3.05, 3.63) is 28.8 Å². The Labute approximate surface area is 104 Å². The van der Waals surface area contributed by atoms with Gasteiger partial charge in [0.2, 0.25) is 0 Å². The zero-order valence-corrected chi connectivity index (χ0v) is 11.2. The molecule has 0 aliphatic carbocycles. The molecule has 0 fully saturated rings. The first-order valence-corrected chi connectivity index (χ1v) is 6.24. The SMILES string of the molecule is COc1c(C)cc(C)cc1CNCCCCN. The van der Waals surface area contributed by atoms with E-state index < -0.39 is 0 Å². The quantitative estimate of drug-likeness (QED) is 0.713. The van der Waals surface area contributed by atoms with Crippen LogP contribution in [0.5, 0.6) is 5.75 Å². The molecule has 0 aliphatic heterocycles. The van der Waals surface area contributed by atoms with Gasteiger partial charge in [0.05, 0.1) is 7.11 Å². The second-order valence-corrected chi connectivity index (χ2v) is 4.45. The fourth-order valence-electron chi connectivity index (χ4n) is 2.08. The van der Waals surface area contributed by atoms with E-state index in [9.17, 15) is 0 Å². The van der Waals surface area contributed by atoms with Crippen molar-refractivity contribution in [2.75, 3.05) is 20.2 Å². The van der Waals surface area contributed by atoms with Gasteiger partial charge in [-0.25, -0.2) is 0 Å². The predicted molar refractivity (Wildman–Crippen MR) is 72.5 cm³/mol. The highest BCUT2D eigenvalue weighted by molar-refractivity contribution is 5.43. The summed E-state index contributed by atoms with van der Waals surface area (Å²) in [5.74, 6) is 1.00. The Morgan fingerprint density at radius 1 is 1.24 bits per heavy atom. The number of aryl methyl sites for hydroxylation is 2. The Balaban J connectivity index is 2.57. The van der Waals surface area contributed by atoms with Crippen molar-refractivity contribution in [1.29, 1.82) is 0 Å². The van der Waals surface area contributed by atoms with Gasteiger partial charge < -0.3 is 15.8 Å². The van der Waals surface area contributed by atoms with E-state index in [1.165, 1.54) is 16.7 Å². The molecule has 17 heavy (non-hydrogen) atoms. The number of unbranched alkanes of at least 4 members (excludes halogenated alkanes) is 1. The Bertz CT molecular complexity index is 350. The molecule has 0 radical (unpaired) electrons. The smallest absolute Gasteiger partial charge is 0.126 e. The minimum absolute atomic E-state index is 0.772. The molecule has 3 nitrogen and oxygen atoms in total. The summed E-state index contributed by atoms with van der Waals surface area (Å²) in [5.41, 5.74) is 9.17. The molecular formula is C14H24N2O. The molecule has 0 saturated heterocycles. The number of nitrogens with two attached hydrogens (primary N) is 1. The highest BCUT2D eigenvalue weighted by Gasteiger charge is 2.06. The van der Waals surface area contributed by atoms with Crippen LogP contribution in [0.15, 0.2) is 12.1 Å². The zero-order chi connectivity index (χ0) is 12.7. The molecule has 0 aromatic heterocycles. The zero-order valence-electron chi connectivity index (χ0n) is 11.2. The van der Waals surface area contributed by atoms with Gasteiger partial charge in [-0.2, -0.15) is 0 Å². The van der Waals surface area contributed by atoms with Gasteiger partial charge in [-0.15, -0.1) is 0 Å². The van der Waals surface area contributed by atoms with Crippen LogP contribution in [0.4, 0.5) is 0 Å². The van der Waals surface area contributed by atoms with Crippen LogP contribution >= 0.6 is 0 Å². The lowest BCUT2D eigenvalue weighted by Crippen LogP contribution is -2.16. The number of rotatable bonds is 7. The van der Waals surface area contributed by atoms with Crippen molar-refractivity contribution in [3.8, 4) is 5.75 Å². The van der Waals surface area contributed by atoms with E-state index in [0.717, 1.165) is 38.2 Å². The summed E-state index contributed by atoms with van der Waals surface area (Å²) in [6, 6.07) is 4.33. The summed E-state index contributed by atoms with van der Waals surface area (Å²) >= 11 is 0. The molecule has 0 aliphatic rings. The Morgan fingerprint density at radius 3 is 2.65 bits per heavy atom. The van der Waals surface area contributed by atoms with Crippen molar-refractivity contribution in [1.82, 2.24) is 5.32 Å². The number of nitrogens with one attached hydrogen (secondary N) is 1. The molecule has 0 bridgehead atoms. The highest BCUT2D eigenvalue weighted by Crippen LogP contribution is 2.24. The average molecular weight is 236 g/mol. The first kappa shape index (κ1) is 14.0. The van der Waals surface area contributed by atoms with Crippen LogP contribution < -0.4 is 15.8 Å². The lowest BCUT2D eigenvalue weighted by molar-refractivity contribution is 0.404. The molecule has 1 aromatic carbocycles. The van der Waals surface area contributed by atoms with Crippen molar-refractivity contribution in [3.63, 3.8) is 0 Å². The molecule has 3 N–H and O–H groups in total. The first-order chi connectivity index (χ1) is 8.19. The largest absolute Gasteiger partial charge is 0.496 e. The van der Waals surface area contributed by atoms with E-state index in [2.05, 4.69) is 31.3 Å². The number of hydrogen-bond acceptors (Lipinski definition) is 3. The second kappa shape index (κ2) is 7.30. The average Bonchev–Trinajstić information content (AvgIpc) is 2.28. The lowest BCUT2D eigenvalue weighted by atomic mass is 10.1. The third kappa shape index (κ3) is 4.36. The minimum atomic E-state index is 0.772. The van der Waals surface area contributed by atoms with E-state index in [-0.39, 0.29) is 0 Å². The van der Waals surface area contributed by atoms with Crippen LogP contribution in [0.3, 0.4) is 0 Å². The molecule has 96 valence electrons. The monoisotopic (exact) mass is 236 g/mol. The lowest BCUT2D eigenvalue weighted by Gasteiger charge is -2.13. The summed E-state index contributed by atoms with van der Waals surface area (Å²) in [4.78, 5) is 0. The van der Waals surface area contributed by atoms with Crippen LogP contribution in [0.25, 0.3) is 0 Å². The maximum atomic E-state index is 5.46. The van der Waals surface area contributed by atoms with Crippen LogP contribution in [0.1, 0.15) is 29.5 Å². The molecule has 0 atom stereocenters. The van der Waals surface area contributed by atoms with Gasteiger partial charge in [-0.05, 0) is 45.3 Å². The Hall–Kier alpha value is -1.06. The highest BCUT2D eigenvalue weighted by atomic mass is 16.5. The maximum Gasteiger partial charge on any atom is 0.126 e. The van der Waals surface area contributed by atoms with Crippen molar-refractivity contribution in [2.45, 2.75) is 33.2 Å². The third-order valence-corrected chi connectivity index (χ3v) is 2.82. The topological polar surface area (TPSA) is 47.3 Å². The number of methoxy groups -OCH3 is 1. The van der Waals surface area contributed by atoms with E-state index in [0.29, 0.717) is 0 Å². The van der Waals surface area contributed by atoms with Crippen molar-refractivity contribution >= 4 is 0 Å². The van der Waals surface area contributed by atoms with Crippen LogP contribution in [-0.4, -0.2) is 20.2 Å². The van der Waals surface area contributed by atoms with Crippen LogP contribution in [0, 0.1) is 13.8 Å². The second-order valence-electron chi connectivity index (χ2n) is 4.45. The molecule has 0 amide bonds. The van der Waals surface area contributed by atoms with Crippen molar-refractivity contribution < 1.29 is 4.74 Å². The molecule has 3 heteroatoms. The Kier molecular flexibility index (Phi) is 6.01. The van der Waals surface area contributed by atoms with Gasteiger partial charge in [0.25, 0.3) is 0 Å². The van der Waals surface area contributed by atoms with Crippen LogP contribution in [-0.2, 0) is 6.54 Å². The van der Waals surface area contributed by atoms with E-state index in [1.54, 1.807) is 7.11 Å². The summed E-state index contributed by atoms with van der Waals surface area (Å²) in [6.45, 7) is 6.84. The van der Waals surface area contributed by atoms with Crippen LogP contribution in [0.2, 0.25) is 0 Å². The molecule has 1 aromatic rings. The summed E-state index contributed by atoms with van der Waals surface area (Å²) in [7, 11) is 1.73. The molecule has 1 rings (SSSR count). The van der Waals surface area contributed by atoms with Gasteiger partial charge in [0, 0.05) is 12.1 Å². The van der Waals surface area contributed by atoms with E-state index >= 15 is 0 Å². The standard InChI is InChI=1S/C14H24N2O/c1-11-8-12(2)14(17-3)13(9-11)10-16-7-5-4-6-15/h8-9,16H,4-7,10,15H2,1-3H3. The Morgan fingerprint density at radius 2 is 2.00 bits per heavy atom. The normalized spacial score (nSPS) is 10.6. The fraction of sp³-hybridized carbons (Fsp3) is 0.571. The van der Waals surface area contributed by atoms with Gasteiger partial charge >= 0.3 is 0 Å². The van der Waals surface area contributed by atoms with Gasteiger partial charge in [-0.1, -0.05) is 17.7 Å². The summed E-state index contributed by atoms with van der Waals surface area (Å²) < 4.78 is 5.45. The predicted octanol–water partition coefficient (Wildman–Crippen LogP) is 2.14. The molecule has 0 saturated carbocycles. The number of hydrogen-bond donors (Lipinski definition) is 2. The minimum Gasteiger partial charge on any atom is -0.496 e. The number of ether oxygens (including phenoxy) is 1. The van der Waals surface area contributed by atoms with Gasteiger partial charge in [-0.3, -0.25) is 0 Å². The summed E-state index contributed by atoms with van der Waals surface area (Å²) in [6.07, 6.45) is 2.21. The van der Waals surface area contributed by atoms with Gasteiger partial charge in [0.15, 0.2) is 0 Å². The summed E-state index contributed by atoms with van der Waals surface area (Å²) in [5, 5.41) is 3.43. The molecule has 0 spiro atoms. The number of benzene rings is 1. The van der Waals surface area contributed by atoms with E-state index in [1.807, 2.05) is 0 Å². The van der Waals surface area contributed by atoms with E-state index in [4.69, 9.17) is 10.5 Å². The van der Waals surface area contributed by atoms with Crippen molar-refractivity contribution in [2.24, 2.45) is 5.73 Å². The fourth-order valence-corrected chi connectivity index (χ4v) is 2.08. The van der Waals surface area contributed by atoms with Gasteiger partial charge in [0.1, 0.15) is 5.75 Å². The molecular weight excluding hydrogens is 212 g/mol. The first-order valence-electron chi connectivity index (χ1n) is 6.24.